The molecule has 6 fully saturated rings. The molecule has 0 bridgehead atoms. The van der Waals surface area contributed by atoms with Gasteiger partial charge in [-0.05, 0) is 62.4 Å². The Balaban J connectivity index is 0.000000217. The van der Waals surface area contributed by atoms with Gasteiger partial charge in [0.15, 0.2) is 0 Å². The summed E-state index contributed by atoms with van der Waals surface area (Å²) in [7, 11) is 5.52. The molecule has 3 saturated carbocycles. The van der Waals surface area contributed by atoms with E-state index in [0.717, 1.165) is 0 Å². The highest BCUT2D eigenvalue weighted by Gasteiger charge is 2.72. The smallest absolute Gasteiger partial charge is 0.413 e. The number of carbonyl (C=O) groups is 8. The fourth-order valence-corrected chi connectivity index (χ4v) is 12.0. The summed E-state index contributed by atoms with van der Waals surface area (Å²) >= 11 is 0. The van der Waals surface area contributed by atoms with E-state index in [-0.39, 0.29) is 86.4 Å². The molecule has 3 saturated heterocycles. The third-order valence-electron chi connectivity index (χ3n) is 17.3. The van der Waals surface area contributed by atoms with Crippen LogP contribution in [0.5, 0.6) is 5.75 Å². The van der Waals surface area contributed by atoms with Crippen molar-refractivity contribution in [1.29, 1.82) is 0 Å². The molecule has 3 heterocycles. The lowest BCUT2D eigenvalue weighted by Crippen LogP contribution is -2.59. The van der Waals surface area contributed by atoms with Crippen LogP contribution in [0.4, 0.5) is 15.3 Å². The number of fused-ring (bicyclic) bond motifs is 3. The fraction of sp³-hybridized carbons (Fsp3) is 0.741. The number of nitrogens with zero attached hydrogens (tertiary/aromatic N) is 4. The number of nitro groups is 1. The molecule has 424 valence electrons. The first kappa shape index (κ1) is 60.8. The zero-order chi connectivity index (χ0) is 57.9. The third kappa shape index (κ3) is 11.9. The van der Waals surface area contributed by atoms with Gasteiger partial charge in [-0.15, -0.1) is 0 Å². The maximum absolute atomic E-state index is 13.5. The number of esters is 3. The average Bonchev–Trinajstić information content (AvgIpc) is 3.88. The number of methoxy groups -OCH3 is 3. The van der Waals surface area contributed by atoms with Crippen molar-refractivity contribution in [2.45, 2.75) is 140 Å². The largest absolute Gasteiger partial charge is 0.467 e. The number of amides is 6. The summed E-state index contributed by atoms with van der Waals surface area (Å²) < 4.78 is 20.0. The highest BCUT2D eigenvalue weighted by Crippen LogP contribution is 2.67. The van der Waals surface area contributed by atoms with Crippen LogP contribution >= 0.6 is 0 Å². The number of benzene rings is 1. The van der Waals surface area contributed by atoms with Gasteiger partial charge in [0, 0.05) is 56.6 Å². The van der Waals surface area contributed by atoms with E-state index in [1.54, 1.807) is 30.6 Å². The summed E-state index contributed by atoms with van der Waals surface area (Å²) in [5, 5.41) is 18.6. The van der Waals surface area contributed by atoms with Gasteiger partial charge in [-0.2, -0.15) is 0 Å². The van der Waals surface area contributed by atoms with Crippen LogP contribution in [0.1, 0.15) is 104 Å². The lowest BCUT2D eigenvalue weighted by atomic mass is 9.85. The number of likely N-dealkylation sites (tertiary alicyclic amines) is 3. The molecule has 12 atom stereocenters. The number of rotatable bonds is 10. The number of nitro benzene ring substituents is 1. The van der Waals surface area contributed by atoms with E-state index >= 15 is 0 Å². The SMILES string of the molecule is CNC(=O)N[C@H](C(=O)N1C[C@H]2[C@@H]([C@H]1C(=O)OC)C2(C)C)C(C)(C)C.COC(=O)[C@@H]1[C@@H]2[C@H](CN1C(=O)[C@@H](N)C(C)(C)C)C2(C)C.COC(=O)[C@@H]1[C@@H]2[C@H](CN1C(=O)[C@@H](NC(=O)Oc1ccc([N+](=O)[O-])cc1)C(C)(C)C)C2(C)C. The van der Waals surface area contributed by atoms with Crippen molar-refractivity contribution in [3.05, 3.63) is 34.4 Å². The van der Waals surface area contributed by atoms with E-state index in [1.807, 2.05) is 41.5 Å². The molecule has 0 spiro atoms. The van der Waals surface area contributed by atoms with Crippen LogP contribution in [-0.2, 0) is 43.0 Å². The van der Waals surface area contributed by atoms with Crippen molar-refractivity contribution in [2.75, 3.05) is 48.0 Å². The van der Waals surface area contributed by atoms with E-state index in [0.29, 0.717) is 31.5 Å². The second-order valence-electron chi connectivity index (χ2n) is 26.2. The number of non-ortho nitro benzene ring substituents is 1. The summed E-state index contributed by atoms with van der Waals surface area (Å²) in [6.45, 7) is 31.1. The van der Waals surface area contributed by atoms with Crippen LogP contribution in [0.25, 0.3) is 0 Å². The molecule has 1 aromatic rings. The summed E-state index contributed by atoms with van der Waals surface area (Å²) in [5.41, 5.74) is 4.57. The van der Waals surface area contributed by atoms with Crippen LogP contribution in [0.15, 0.2) is 24.3 Å². The maximum atomic E-state index is 13.5. The first-order valence-corrected chi connectivity index (χ1v) is 25.9. The van der Waals surface area contributed by atoms with Crippen LogP contribution in [-0.4, -0.2) is 152 Å². The minimum Gasteiger partial charge on any atom is -0.467 e. The van der Waals surface area contributed by atoms with Crippen LogP contribution in [0.2, 0.25) is 0 Å². The van der Waals surface area contributed by atoms with Crippen LogP contribution < -0.4 is 26.4 Å². The van der Waals surface area contributed by atoms with Gasteiger partial charge in [0.25, 0.3) is 5.69 Å². The first-order valence-electron chi connectivity index (χ1n) is 25.9. The maximum Gasteiger partial charge on any atom is 0.413 e. The van der Waals surface area contributed by atoms with Crippen molar-refractivity contribution in [3.8, 4) is 5.75 Å². The number of nitrogens with one attached hydrogen (secondary N) is 3. The lowest BCUT2D eigenvalue weighted by molar-refractivity contribution is -0.384. The monoisotopic (exact) mass is 1070 g/mol. The Hall–Kier alpha value is -6.06. The number of hydrogen-bond donors (Lipinski definition) is 4. The van der Waals surface area contributed by atoms with Gasteiger partial charge in [-0.1, -0.05) is 104 Å². The molecule has 1 aromatic carbocycles. The molecule has 3 aliphatic heterocycles. The second kappa shape index (κ2) is 21.4. The van der Waals surface area contributed by atoms with E-state index in [1.165, 1.54) is 57.5 Å². The molecule has 76 heavy (non-hydrogen) atoms. The van der Waals surface area contributed by atoms with Gasteiger partial charge in [-0.3, -0.25) is 24.5 Å². The van der Waals surface area contributed by atoms with Gasteiger partial charge in [0.05, 0.1) is 32.3 Å². The normalized spacial score (nSPS) is 27.8. The lowest BCUT2D eigenvalue weighted by Gasteiger charge is -2.37. The van der Waals surface area contributed by atoms with Crippen molar-refractivity contribution in [1.82, 2.24) is 30.7 Å². The number of urea groups is 1. The Morgan fingerprint density at radius 1 is 0.592 bits per heavy atom. The third-order valence-corrected chi connectivity index (χ3v) is 17.3. The average molecular weight is 1070 g/mol. The van der Waals surface area contributed by atoms with Gasteiger partial charge in [-0.25, -0.2) is 24.0 Å². The number of piperidine rings is 3. The van der Waals surface area contributed by atoms with E-state index < -0.39 is 70.1 Å². The molecule has 22 nitrogen and oxygen atoms in total. The van der Waals surface area contributed by atoms with E-state index in [9.17, 15) is 48.5 Å². The molecule has 22 heteroatoms. The number of nitrogens with two attached hydrogens (primary N) is 1. The molecule has 6 aliphatic rings. The quantitative estimate of drug-likeness (QED) is 0.106. The highest BCUT2D eigenvalue weighted by molar-refractivity contribution is 5.93. The Morgan fingerprint density at radius 3 is 1.21 bits per heavy atom. The molecule has 5 N–H and O–H groups in total. The summed E-state index contributed by atoms with van der Waals surface area (Å²) in [4.78, 5) is 115. The first-order chi connectivity index (χ1) is 34.8. The van der Waals surface area contributed by atoms with Gasteiger partial charge in [0.1, 0.15) is 36.0 Å². The Labute approximate surface area is 447 Å². The molecule has 0 unspecified atom stereocenters. The summed E-state index contributed by atoms with van der Waals surface area (Å²) in [6.07, 6.45) is -0.869. The van der Waals surface area contributed by atoms with Gasteiger partial charge < -0.3 is 55.3 Å². The van der Waals surface area contributed by atoms with Crippen molar-refractivity contribution >= 4 is 53.4 Å². The Morgan fingerprint density at radius 2 is 0.921 bits per heavy atom. The van der Waals surface area contributed by atoms with E-state index in [2.05, 4.69) is 57.5 Å². The van der Waals surface area contributed by atoms with E-state index in [4.69, 9.17) is 24.7 Å². The molecular formula is C54H84N8O14. The molecule has 7 rings (SSSR count). The Kier molecular flexibility index (Phi) is 17.1. The second-order valence-corrected chi connectivity index (χ2v) is 26.2. The Bertz CT molecular complexity index is 2440. The predicted octanol–water partition coefficient (Wildman–Crippen LogP) is 4.76. The molecule has 0 radical (unpaired) electrons. The minimum atomic E-state index is -0.958. The van der Waals surface area contributed by atoms with Crippen LogP contribution in [0, 0.1) is 78.1 Å². The van der Waals surface area contributed by atoms with Gasteiger partial charge in [0.2, 0.25) is 17.7 Å². The number of carbonyl (C=O) groups excluding carboxylic acids is 8. The minimum absolute atomic E-state index is 0.0200. The zero-order valence-corrected chi connectivity index (χ0v) is 47.9. The number of ether oxygens (including phenoxy) is 4. The number of hydrogen-bond acceptors (Lipinski definition) is 15. The van der Waals surface area contributed by atoms with Crippen LogP contribution in [0.3, 0.4) is 0 Å². The molecular weight excluding hydrogens is 985 g/mol. The zero-order valence-electron chi connectivity index (χ0n) is 47.9. The van der Waals surface area contributed by atoms with Crippen molar-refractivity contribution in [3.63, 3.8) is 0 Å². The standard InChI is InChI=1S/C22H29N3O7.C17H29N3O4.C15H26N2O3/c1-21(2,3)17(23-20(28)32-13-9-7-12(8-10-13)25(29)30)18(26)24-11-14-15(22(14,4)5)16(24)19(27)31-6;1-16(2,3)12(19-15(23)18-6)13(21)20-8-9-10(17(9,4)5)11(20)14(22)24-7;1-14(2,3)11(16)12(18)17-7-8-9(15(8,4)5)10(17)13(19)20-6/h7-10,14-17H,11H2,1-6H3,(H,23,28);9-12H,8H2,1-7H3,(H2,18,19,23);8-11H,7,16H2,1-6H3/t14-,15-,16-,17+;9-,10-,11-,12+;8-,9-,10-,11+/m000/s1. The predicted molar refractivity (Wildman–Crippen MR) is 279 cm³/mol. The highest BCUT2D eigenvalue weighted by atomic mass is 16.6. The summed E-state index contributed by atoms with van der Waals surface area (Å²) in [6, 6.07) is 0.611. The van der Waals surface area contributed by atoms with Crippen molar-refractivity contribution in [2.24, 2.45) is 73.7 Å². The molecule has 6 amide bonds. The van der Waals surface area contributed by atoms with Gasteiger partial charge >= 0.3 is 30.0 Å². The molecule has 0 aromatic heterocycles. The summed E-state index contributed by atoms with van der Waals surface area (Å²) in [5.74, 6) is -0.602. The fourth-order valence-electron chi connectivity index (χ4n) is 12.0. The topological polar surface area (TPSA) is 288 Å². The van der Waals surface area contributed by atoms with Crippen molar-refractivity contribution < 1.29 is 62.2 Å². The molecule has 3 aliphatic carbocycles.